The van der Waals surface area contributed by atoms with Crippen molar-refractivity contribution in [1.29, 1.82) is 0 Å². The van der Waals surface area contributed by atoms with Gasteiger partial charge < -0.3 is 10.6 Å². The van der Waals surface area contributed by atoms with Gasteiger partial charge >= 0.3 is 6.18 Å². The lowest BCUT2D eigenvalue weighted by Gasteiger charge is -2.13. The largest absolute Gasteiger partial charge is 0.405 e. The molecule has 22 heavy (non-hydrogen) atoms. The van der Waals surface area contributed by atoms with Gasteiger partial charge in [-0.25, -0.2) is 0 Å². The number of amides is 1. The molecular weight excluding hydrogens is 293 g/mol. The van der Waals surface area contributed by atoms with Crippen LogP contribution in [0.2, 0.25) is 0 Å². The van der Waals surface area contributed by atoms with Crippen LogP contribution in [0.3, 0.4) is 0 Å². The first-order valence-electron chi connectivity index (χ1n) is 6.67. The molecule has 0 heterocycles. The molecule has 1 amide bonds. The van der Waals surface area contributed by atoms with Gasteiger partial charge in [0, 0.05) is 11.3 Å². The smallest absolute Gasteiger partial charge is 0.376 e. The molecule has 0 aromatic heterocycles. The van der Waals surface area contributed by atoms with E-state index in [0.717, 1.165) is 11.1 Å². The van der Waals surface area contributed by atoms with Gasteiger partial charge in [0.25, 0.3) is 0 Å². The molecule has 2 N–H and O–H groups in total. The fraction of sp³-hybridized carbons (Fsp3) is 0.188. The highest BCUT2D eigenvalue weighted by molar-refractivity contribution is 5.84. The predicted molar refractivity (Wildman–Crippen MR) is 79.4 cm³/mol. The second-order valence-corrected chi connectivity index (χ2v) is 4.66. The molecule has 3 nitrogen and oxygen atoms in total. The van der Waals surface area contributed by atoms with E-state index in [2.05, 4.69) is 5.32 Å². The van der Waals surface area contributed by atoms with Crippen molar-refractivity contribution in [3.63, 3.8) is 0 Å². The molecule has 0 aliphatic carbocycles. The molecule has 2 aromatic carbocycles. The van der Waals surface area contributed by atoms with Gasteiger partial charge in [0.1, 0.15) is 6.54 Å². The van der Waals surface area contributed by atoms with E-state index in [1.807, 2.05) is 47.8 Å². The number of hydrogen-bond donors (Lipinski definition) is 2. The summed E-state index contributed by atoms with van der Waals surface area (Å²) in [6.07, 6.45) is -4.41. The Bertz CT molecular complexity index is 627. The first-order valence-corrected chi connectivity index (χ1v) is 6.67. The molecule has 0 bridgehead atoms. The zero-order valence-corrected chi connectivity index (χ0v) is 11.7. The Hall–Kier alpha value is -2.50. The van der Waals surface area contributed by atoms with Crippen LogP contribution < -0.4 is 10.6 Å². The summed E-state index contributed by atoms with van der Waals surface area (Å²) in [6, 6.07) is 16.8. The number of hydrogen-bond acceptors (Lipinski definition) is 2. The van der Waals surface area contributed by atoms with Crippen LogP contribution in [-0.2, 0) is 4.79 Å². The number of nitrogens with one attached hydrogen (secondary N) is 2. The van der Waals surface area contributed by atoms with Crippen LogP contribution in [0.1, 0.15) is 0 Å². The number of alkyl halides is 3. The molecule has 0 unspecified atom stereocenters. The van der Waals surface area contributed by atoms with Gasteiger partial charge in [-0.05, 0) is 11.6 Å². The predicted octanol–water partition coefficient (Wildman–Crippen LogP) is 3.44. The van der Waals surface area contributed by atoms with Crippen molar-refractivity contribution in [3.05, 3.63) is 54.6 Å². The van der Waals surface area contributed by atoms with E-state index in [1.54, 1.807) is 12.1 Å². The van der Waals surface area contributed by atoms with Crippen LogP contribution in [0, 0.1) is 0 Å². The van der Waals surface area contributed by atoms with Crippen molar-refractivity contribution < 1.29 is 18.0 Å². The highest BCUT2D eigenvalue weighted by Gasteiger charge is 2.27. The number of para-hydroxylation sites is 1. The lowest BCUT2D eigenvalue weighted by atomic mass is 10.0. The Morgan fingerprint density at radius 3 is 2.27 bits per heavy atom. The number of rotatable bonds is 5. The van der Waals surface area contributed by atoms with Crippen LogP contribution in [-0.4, -0.2) is 25.2 Å². The normalized spacial score (nSPS) is 11.0. The van der Waals surface area contributed by atoms with Crippen LogP contribution in [0.5, 0.6) is 0 Å². The third-order valence-electron chi connectivity index (χ3n) is 2.94. The van der Waals surface area contributed by atoms with Gasteiger partial charge in [0.2, 0.25) is 5.91 Å². The fourth-order valence-corrected chi connectivity index (χ4v) is 1.94. The third kappa shape index (κ3) is 4.80. The van der Waals surface area contributed by atoms with Crippen molar-refractivity contribution in [3.8, 4) is 11.1 Å². The number of halogens is 3. The molecule has 0 fully saturated rings. The van der Waals surface area contributed by atoms with E-state index < -0.39 is 18.6 Å². The molecule has 2 rings (SSSR count). The lowest BCUT2D eigenvalue weighted by Crippen LogP contribution is -2.37. The molecule has 2 aromatic rings. The molecule has 0 saturated heterocycles. The van der Waals surface area contributed by atoms with Gasteiger partial charge in [0.05, 0.1) is 6.54 Å². The minimum atomic E-state index is -4.41. The summed E-state index contributed by atoms with van der Waals surface area (Å²) in [4.78, 5) is 11.4. The molecule has 6 heteroatoms. The van der Waals surface area contributed by atoms with Gasteiger partial charge in [-0.15, -0.1) is 0 Å². The Labute approximate surface area is 126 Å². The maximum absolute atomic E-state index is 12.0. The maximum atomic E-state index is 12.0. The second-order valence-electron chi connectivity index (χ2n) is 4.66. The fourth-order valence-electron chi connectivity index (χ4n) is 1.94. The summed E-state index contributed by atoms with van der Waals surface area (Å²) in [5, 5.41) is 4.69. The minimum Gasteiger partial charge on any atom is -0.376 e. The zero-order valence-electron chi connectivity index (χ0n) is 11.7. The molecule has 0 saturated carbocycles. The molecule has 0 aliphatic heterocycles. The maximum Gasteiger partial charge on any atom is 0.405 e. The lowest BCUT2D eigenvalue weighted by molar-refractivity contribution is -0.137. The van der Waals surface area contributed by atoms with E-state index >= 15 is 0 Å². The van der Waals surface area contributed by atoms with Gasteiger partial charge in [-0.2, -0.15) is 13.2 Å². The van der Waals surface area contributed by atoms with Crippen molar-refractivity contribution in [2.24, 2.45) is 0 Å². The Kier molecular flexibility index (Phi) is 5.04. The van der Waals surface area contributed by atoms with E-state index in [4.69, 9.17) is 0 Å². The van der Waals surface area contributed by atoms with Crippen molar-refractivity contribution >= 4 is 11.6 Å². The Balaban J connectivity index is 2.01. The summed E-state index contributed by atoms with van der Waals surface area (Å²) < 4.78 is 36.1. The molecular formula is C16H15F3N2O. The van der Waals surface area contributed by atoms with Gasteiger partial charge in [-0.3, -0.25) is 4.79 Å². The monoisotopic (exact) mass is 308 g/mol. The minimum absolute atomic E-state index is 0.222. The summed E-state index contributed by atoms with van der Waals surface area (Å²) in [5.41, 5.74) is 2.53. The highest BCUT2D eigenvalue weighted by Crippen LogP contribution is 2.27. The first kappa shape index (κ1) is 15.9. The van der Waals surface area contributed by atoms with Gasteiger partial charge in [-0.1, -0.05) is 48.5 Å². The second kappa shape index (κ2) is 6.98. The Morgan fingerprint density at radius 2 is 1.59 bits per heavy atom. The van der Waals surface area contributed by atoms with Gasteiger partial charge in [0.15, 0.2) is 0 Å². The van der Waals surface area contributed by atoms with E-state index in [0.29, 0.717) is 5.69 Å². The molecule has 0 aliphatic rings. The van der Waals surface area contributed by atoms with Crippen LogP contribution >= 0.6 is 0 Å². The molecule has 116 valence electrons. The summed E-state index contributed by atoms with van der Waals surface area (Å²) in [7, 11) is 0. The summed E-state index contributed by atoms with van der Waals surface area (Å²) >= 11 is 0. The number of carbonyl (C=O) groups is 1. The topological polar surface area (TPSA) is 41.1 Å². The SMILES string of the molecule is O=C(CNc1ccccc1-c1ccccc1)NCC(F)(F)F. The first-order chi connectivity index (χ1) is 10.5. The van der Waals surface area contributed by atoms with Crippen LogP contribution in [0.4, 0.5) is 18.9 Å². The number of benzene rings is 2. The van der Waals surface area contributed by atoms with Crippen LogP contribution in [0.15, 0.2) is 54.6 Å². The average molecular weight is 308 g/mol. The summed E-state index contributed by atoms with van der Waals surface area (Å²) in [5.74, 6) is -0.708. The third-order valence-corrected chi connectivity index (χ3v) is 2.94. The van der Waals surface area contributed by atoms with E-state index in [-0.39, 0.29) is 6.54 Å². The van der Waals surface area contributed by atoms with E-state index in [1.165, 1.54) is 0 Å². The molecule has 0 spiro atoms. The Morgan fingerprint density at radius 1 is 0.955 bits per heavy atom. The number of carbonyl (C=O) groups excluding carboxylic acids is 1. The standard InChI is InChI=1S/C16H15F3N2O/c17-16(18,19)11-21-15(22)10-20-14-9-5-4-8-13(14)12-6-2-1-3-7-12/h1-9,20H,10-11H2,(H,21,22). The number of anilines is 1. The van der Waals surface area contributed by atoms with Crippen molar-refractivity contribution in [1.82, 2.24) is 5.32 Å². The van der Waals surface area contributed by atoms with Crippen molar-refractivity contribution in [2.75, 3.05) is 18.4 Å². The highest BCUT2D eigenvalue weighted by atomic mass is 19.4. The quantitative estimate of drug-likeness (QED) is 0.888. The zero-order chi connectivity index (χ0) is 16.0. The molecule has 0 atom stereocenters. The van der Waals surface area contributed by atoms with Crippen molar-refractivity contribution in [2.45, 2.75) is 6.18 Å². The van der Waals surface area contributed by atoms with Crippen LogP contribution in [0.25, 0.3) is 11.1 Å². The molecule has 0 radical (unpaired) electrons. The average Bonchev–Trinajstić information content (AvgIpc) is 2.51. The summed E-state index contributed by atoms with van der Waals surface area (Å²) in [6.45, 7) is -1.55. The van der Waals surface area contributed by atoms with E-state index in [9.17, 15) is 18.0 Å².